The van der Waals surface area contributed by atoms with Crippen molar-refractivity contribution in [1.29, 1.82) is 0 Å². The Kier molecular flexibility index (Phi) is 3.81. The van der Waals surface area contributed by atoms with E-state index in [1.165, 1.54) is 17.8 Å². The number of rotatable bonds is 4. The van der Waals surface area contributed by atoms with Gasteiger partial charge in [0.05, 0.1) is 13.0 Å². The van der Waals surface area contributed by atoms with Crippen LogP contribution in [-0.4, -0.2) is 25.5 Å². The summed E-state index contributed by atoms with van der Waals surface area (Å²) in [5.74, 6) is 2.20. The lowest BCUT2D eigenvalue weighted by atomic mass is 10.2. The molecular formula is C13H19N2O+. The van der Waals surface area contributed by atoms with Crippen LogP contribution in [0.4, 0.5) is 0 Å². The highest BCUT2D eigenvalue weighted by molar-refractivity contribution is 5.77. The lowest BCUT2D eigenvalue weighted by Crippen LogP contribution is -2.72. The van der Waals surface area contributed by atoms with E-state index in [0.717, 1.165) is 25.3 Å². The molecule has 2 rings (SSSR count). The number of nitrogens with one attached hydrogen (secondary N) is 2. The molecule has 0 fully saturated rings. The minimum Gasteiger partial charge on any atom is -0.490 e. The molecule has 1 aliphatic rings. The van der Waals surface area contributed by atoms with Crippen molar-refractivity contribution in [1.82, 2.24) is 5.32 Å². The van der Waals surface area contributed by atoms with Gasteiger partial charge in [0.2, 0.25) is 5.84 Å². The molecule has 16 heavy (non-hydrogen) atoms. The second kappa shape index (κ2) is 5.54. The highest BCUT2D eigenvalue weighted by Crippen LogP contribution is 2.10. The second-order valence-corrected chi connectivity index (χ2v) is 4.10. The number of ether oxygens (including phenoxy) is 1. The number of amidine groups is 1. The van der Waals surface area contributed by atoms with Gasteiger partial charge in [-0.15, -0.1) is 0 Å². The Labute approximate surface area is 96.5 Å². The molecule has 0 aromatic heterocycles. The molecule has 0 unspecified atom stereocenters. The smallest absolute Gasteiger partial charge is 0.242 e. The molecule has 0 radical (unpaired) electrons. The molecule has 0 saturated heterocycles. The van der Waals surface area contributed by atoms with Crippen LogP contribution in [0.1, 0.15) is 18.4 Å². The zero-order valence-electron chi connectivity index (χ0n) is 9.75. The van der Waals surface area contributed by atoms with Gasteiger partial charge in [0.1, 0.15) is 18.9 Å². The van der Waals surface area contributed by atoms with Gasteiger partial charge in [-0.3, -0.25) is 10.3 Å². The Balaban J connectivity index is 1.66. The highest BCUT2D eigenvalue weighted by Gasteiger charge is 2.10. The van der Waals surface area contributed by atoms with Crippen molar-refractivity contribution < 1.29 is 9.73 Å². The molecule has 0 bridgehead atoms. The lowest BCUT2D eigenvalue weighted by molar-refractivity contribution is -0.449. The minimum atomic E-state index is 0.703. The minimum absolute atomic E-state index is 0.703. The van der Waals surface area contributed by atoms with Crippen molar-refractivity contribution in [2.24, 2.45) is 0 Å². The molecule has 1 aromatic carbocycles. The molecule has 2 N–H and O–H groups in total. The summed E-state index contributed by atoms with van der Waals surface area (Å²) in [6.07, 6.45) is 2.38. The molecule has 1 aliphatic heterocycles. The third-order valence-electron chi connectivity index (χ3n) is 2.67. The monoisotopic (exact) mass is 219 g/mol. The second-order valence-electron chi connectivity index (χ2n) is 4.10. The summed E-state index contributed by atoms with van der Waals surface area (Å²) < 4.78 is 5.62. The van der Waals surface area contributed by atoms with E-state index in [4.69, 9.17) is 4.74 Å². The quantitative estimate of drug-likeness (QED) is 0.711. The maximum atomic E-state index is 5.62. The van der Waals surface area contributed by atoms with Crippen LogP contribution >= 0.6 is 0 Å². The summed E-state index contributed by atoms with van der Waals surface area (Å²) in [5, 5.41) is 3.34. The van der Waals surface area contributed by atoms with E-state index < -0.39 is 0 Å². The first-order valence-corrected chi connectivity index (χ1v) is 5.87. The van der Waals surface area contributed by atoms with Crippen LogP contribution in [0.15, 0.2) is 24.3 Å². The summed E-state index contributed by atoms with van der Waals surface area (Å²) in [7, 11) is 0. The lowest BCUT2D eigenvalue weighted by Gasteiger charge is -2.05. The van der Waals surface area contributed by atoms with Crippen LogP contribution in [-0.2, 0) is 0 Å². The largest absolute Gasteiger partial charge is 0.490 e. The molecule has 86 valence electrons. The molecule has 0 spiro atoms. The van der Waals surface area contributed by atoms with Crippen LogP contribution in [0, 0.1) is 6.92 Å². The fraction of sp³-hybridized carbons (Fsp3) is 0.462. The fourth-order valence-electron chi connectivity index (χ4n) is 1.75. The van der Waals surface area contributed by atoms with Gasteiger partial charge in [0.15, 0.2) is 0 Å². The zero-order chi connectivity index (χ0) is 11.2. The van der Waals surface area contributed by atoms with Crippen molar-refractivity contribution in [3.8, 4) is 5.75 Å². The predicted molar refractivity (Wildman–Crippen MR) is 64.7 cm³/mol. The Hall–Kier alpha value is -1.51. The predicted octanol–water partition coefficient (Wildman–Crippen LogP) is 0.236. The first-order chi connectivity index (χ1) is 7.84. The van der Waals surface area contributed by atoms with E-state index in [1.54, 1.807) is 0 Å². The molecule has 1 aromatic rings. The van der Waals surface area contributed by atoms with E-state index in [9.17, 15) is 0 Å². The van der Waals surface area contributed by atoms with E-state index in [0.29, 0.717) is 6.61 Å². The molecule has 0 saturated carbocycles. The van der Waals surface area contributed by atoms with Gasteiger partial charge in [-0.1, -0.05) is 17.7 Å². The van der Waals surface area contributed by atoms with Gasteiger partial charge in [-0.2, -0.15) is 0 Å². The summed E-state index contributed by atoms with van der Waals surface area (Å²) in [6.45, 7) is 4.74. The van der Waals surface area contributed by atoms with Crippen molar-refractivity contribution >= 4 is 5.84 Å². The van der Waals surface area contributed by atoms with E-state index in [-0.39, 0.29) is 0 Å². The van der Waals surface area contributed by atoms with Gasteiger partial charge in [-0.25, -0.2) is 0 Å². The molecule has 1 heterocycles. The third kappa shape index (κ3) is 3.26. The molecular weight excluding hydrogens is 200 g/mol. The molecule has 3 heteroatoms. The zero-order valence-corrected chi connectivity index (χ0v) is 9.75. The topological polar surface area (TPSA) is 35.2 Å². The van der Waals surface area contributed by atoms with Crippen molar-refractivity contribution in [3.63, 3.8) is 0 Å². The van der Waals surface area contributed by atoms with Crippen LogP contribution in [0.5, 0.6) is 5.75 Å². The summed E-state index contributed by atoms with van der Waals surface area (Å²) in [4.78, 5) is 3.31. The Bertz CT molecular complexity index is 357. The van der Waals surface area contributed by atoms with Crippen molar-refractivity contribution in [2.75, 3.05) is 19.7 Å². The number of hydrogen-bond donors (Lipinski definition) is 2. The summed E-state index contributed by atoms with van der Waals surface area (Å²) in [5.41, 5.74) is 1.26. The van der Waals surface area contributed by atoms with Crippen LogP contribution in [0.2, 0.25) is 0 Å². The van der Waals surface area contributed by atoms with Crippen LogP contribution in [0.25, 0.3) is 0 Å². The molecule has 0 amide bonds. The average Bonchev–Trinajstić information content (AvgIpc) is 2.80. The SMILES string of the molecule is Cc1ccc(OCCNC2=[NH+]CCC2)cc1. The first-order valence-electron chi connectivity index (χ1n) is 5.87. The summed E-state index contributed by atoms with van der Waals surface area (Å²) >= 11 is 0. The maximum Gasteiger partial charge on any atom is 0.242 e. The van der Waals surface area contributed by atoms with Crippen LogP contribution in [0.3, 0.4) is 0 Å². The van der Waals surface area contributed by atoms with Crippen LogP contribution < -0.4 is 15.0 Å². The highest BCUT2D eigenvalue weighted by atomic mass is 16.5. The average molecular weight is 219 g/mol. The summed E-state index contributed by atoms with van der Waals surface area (Å²) in [6, 6.07) is 8.15. The Morgan fingerprint density at radius 2 is 2.12 bits per heavy atom. The molecule has 0 aliphatic carbocycles. The van der Waals surface area contributed by atoms with E-state index in [2.05, 4.69) is 29.4 Å². The fourth-order valence-corrected chi connectivity index (χ4v) is 1.75. The van der Waals surface area contributed by atoms with Crippen molar-refractivity contribution in [3.05, 3.63) is 29.8 Å². The van der Waals surface area contributed by atoms with Gasteiger partial charge in [-0.05, 0) is 25.5 Å². The standard InChI is InChI=1S/C13H18N2O/c1-11-4-6-12(7-5-11)16-10-9-15-13-3-2-8-14-13/h4-7H,2-3,8-10H2,1H3,(H,14,15)/p+1. The number of hydrogen-bond acceptors (Lipinski definition) is 2. The Morgan fingerprint density at radius 3 is 2.81 bits per heavy atom. The molecule has 0 atom stereocenters. The normalized spacial score (nSPS) is 14.7. The van der Waals surface area contributed by atoms with Gasteiger partial charge < -0.3 is 4.74 Å². The first kappa shape index (κ1) is 11.0. The molecule has 3 nitrogen and oxygen atoms in total. The van der Waals surface area contributed by atoms with Gasteiger partial charge in [0, 0.05) is 0 Å². The third-order valence-corrected chi connectivity index (χ3v) is 2.67. The maximum absolute atomic E-state index is 5.62. The van der Waals surface area contributed by atoms with E-state index >= 15 is 0 Å². The van der Waals surface area contributed by atoms with Gasteiger partial charge in [0.25, 0.3) is 0 Å². The van der Waals surface area contributed by atoms with E-state index in [1.807, 2.05) is 12.1 Å². The Morgan fingerprint density at radius 1 is 1.31 bits per heavy atom. The van der Waals surface area contributed by atoms with Gasteiger partial charge >= 0.3 is 0 Å². The van der Waals surface area contributed by atoms with Crippen molar-refractivity contribution in [2.45, 2.75) is 19.8 Å². The number of aryl methyl sites for hydroxylation is 1. The number of benzene rings is 1.